The number of aliphatic hydroxyl groups excluding tert-OH is 1. The number of amides is 3. The Morgan fingerprint density at radius 3 is 2.49 bits per heavy atom. The van der Waals surface area contributed by atoms with Gasteiger partial charge in [0.15, 0.2) is 0 Å². The van der Waals surface area contributed by atoms with E-state index in [1.165, 1.54) is 31.2 Å². The van der Waals surface area contributed by atoms with E-state index in [-0.39, 0.29) is 30.4 Å². The van der Waals surface area contributed by atoms with E-state index in [4.69, 9.17) is 19.6 Å². The first-order chi connectivity index (χ1) is 33.7. The molecule has 17 heteroatoms. The van der Waals surface area contributed by atoms with Crippen molar-refractivity contribution in [2.24, 2.45) is 22.7 Å². The van der Waals surface area contributed by atoms with Crippen molar-refractivity contribution in [1.29, 1.82) is 0 Å². The van der Waals surface area contributed by atoms with Crippen LogP contribution in [0.1, 0.15) is 63.6 Å². The van der Waals surface area contributed by atoms with Crippen LogP contribution in [-0.4, -0.2) is 166 Å². The van der Waals surface area contributed by atoms with Gasteiger partial charge in [0.05, 0.1) is 36.0 Å². The van der Waals surface area contributed by atoms with Crippen molar-refractivity contribution in [3.05, 3.63) is 94.1 Å². The summed E-state index contributed by atoms with van der Waals surface area (Å²) in [5, 5.41) is 25.1. The summed E-state index contributed by atoms with van der Waals surface area (Å²) >= 11 is 5.50. The van der Waals surface area contributed by atoms with Crippen LogP contribution in [0.5, 0.6) is 0 Å². The highest BCUT2D eigenvalue weighted by molar-refractivity contribution is 9.10. The van der Waals surface area contributed by atoms with Crippen molar-refractivity contribution < 1.29 is 34.1 Å². The molecule has 6 atom stereocenters. The number of para-hydroxylation sites is 1. The number of ether oxygens (including phenoxy) is 2. The first-order valence-corrected chi connectivity index (χ1v) is 26.5. The quantitative estimate of drug-likeness (QED) is 0.137. The number of nitrogens with zero attached hydrogens (tertiary/aromatic N) is 6. The summed E-state index contributed by atoms with van der Waals surface area (Å²) in [6, 6.07) is 21.7. The summed E-state index contributed by atoms with van der Waals surface area (Å²) in [6.07, 6.45) is 4.49. The Balaban J connectivity index is 0.000000180. The standard InChI is InChI=1S/C32H40BrN5O5.C21H25N3O2S/c1-16(2)12-24-29(40)37-11-7-10-25(37)32(42)38(24)30(41)31(43-32,17(3)4)35-28(39)18-13-20-19-8-6-9-22-26(19)21(27(33)34-22)14-23(20)36(5)15-18;25-14-16-26-15-13-23-9-11-24(12-10-23)21-17-5-1-3-7-19(17)27-20-8-4-2-6-18(20)22-21/h6,8-9,13,16-18,23-25,34,42H,7,10-12,14-15H2,1-5H3,(H,35,39);1-8,25H,9-16H2/t18-,23-,24+,25+,31-,32+;/m1./s1. The number of carbonyl (C=O) groups is 3. The fourth-order valence-corrected chi connectivity index (χ4v) is 13.2. The molecule has 15 nitrogen and oxygen atoms in total. The number of aromatic nitrogens is 1. The van der Waals surface area contributed by atoms with Gasteiger partial charge in [0.1, 0.15) is 17.9 Å². The van der Waals surface area contributed by atoms with Crippen molar-refractivity contribution in [3.8, 4) is 0 Å². The van der Waals surface area contributed by atoms with Crippen LogP contribution in [0.2, 0.25) is 0 Å². The van der Waals surface area contributed by atoms with E-state index in [0.717, 1.165) is 78.3 Å². The van der Waals surface area contributed by atoms with Crippen molar-refractivity contribution in [1.82, 2.24) is 34.8 Å². The molecule has 0 saturated carbocycles. The number of halogens is 1. The van der Waals surface area contributed by atoms with Gasteiger partial charge in [0.25, 0.3) is 11.8 Å². The van der Waals surface area contributed by atoms with Crippen LogP contribution < -0.4 is 5.32 Å². The first-order valence-electron chi connectivity index (χ1n) is 24.9. The molecule has 3 aromatic carbocycles. The Hall–Kier alpha value is -4.59. The number of nitrogens with one attached hydrogen (secondary N) is 2. The van der Waals surface area contributed by atoms with Crippen molar-refractivity contribution in [2.45, 2.75) is 92.9 Å². The van der Waals surface area contributed by atoms with Crippen LogP contribution in [-0.2, 0) is 30.3 Å². The van der Waals surface area contributed by atoms with Crippen LogP contribution in [0.4, 0.5) is 5.69 Å². The van der Waals surface area contributed by atoms with Crippen LogP contribution in [0.3, 0.4) is 0 Å². The van der Waals surface area contributed by atoms with Gasteiger partial charge in [0, 0.05) is 84.0 Å². The minimum atomic E-state index is -2.01. The maximum atomic E-state index is 14.4. The number of aliphatic imine (C=N–C) groups is 1. The maximum absolute atomic E-state index is 14.4. The number of benzene rings is 3. The third-order valence-corrected chi connectivity index (χ3v) is 17.0. The minimum Gasteiger partial charge on any atom is -0.394 e. The lowest BCUT2D eigenvalue weighted by Crippen LogP contribution is -2.71. The highest BCUT2D eigenvalue weighted by Gasteiger charge is 2.72. The molecule has 1 aromatic heterocycles. The lowest BCUT2D eigenvalue weighted by Gasteiger charge is -2.49. The molecule has 0 bridgehead atoms. The number of H-pyrrole nitrogens is 1. The molecule has 0 spiro atoms. The zero-order valence-electron chi connectivity index (χ0n) is 40.7. The minimum absolute atomic E-state index is 0.0898. The number of amidine groups is 1. The number of likely N-dealkylation sites (N-methyl/N-ethyl adjacent to an activating group) is 1. The Kier molecular flexibility index (Phi) is 13.9. The summed E-state index contributed by atoms with van der Waals surface area (Å²) in [7, 11) is 2.03. The molecule has 4 fully saturated rings. The molecule has 6 aliphatic heterocycles. The second-order valence-corrected chi connectivity index (χ2v) is 22.2. The third kappa shape index (κ3) is 8.71. The average Bonchev–Trinajstić information content (AvgIpc) is 4.00. The Labute approximate surface area is 422 Å². The SMILES string of the molecule is CC(C)C[C@H]1C(=O)N2CCC[C@H]2[C@]2(O)O[C@](NC(=O)[C@@H]3C=C4c5cccc6[nH]c(Br)c(c56)C[C@H]4N(C)C3)(C(C)C)C(=O)N12.OCCOCCN1CCN(C2=Nc3ccccc3Sc3ccccc32)CC1. The van der Waals surface area contributed by atoms with Gasteiger partial charge in [0.2, 0.25) is 17.5 Å². The lowest BCUT2D eigenvalue weighted by atomic mass is 9.79. The summed E-state index contributed by atoms with van der Waals surface area (Å²) in [6.45, 7) is 14.6. The molecule has 1 aliphatic carbocycles. The number of piperazine rings is 2. The number of rotatable bonds is 10. The van der Waals surface area contributed by atoms with Gasteiger partial charge in [-0.1, -0.05) is 88.0 Å². The van der Waals surface area contributed by atoms with Crippen LogP contribution in [0, 0.1) is 17.8 Å². The fraction of sp³-hybridized carbons (Fsp3) is 0.509. The van der Waals surface area contributed by atoms with E-state index in [1.54, 1.807) is 30.5 Å². The first kappa shape index (κ1) is 49.0. The largest absolute Gasteiger partial charge is 0.394 e. The lowest BCUT2D eigenvalue weighted by molar-refractivity contribution is -0.322. The molecule has 7 heterocycles. The molecule has 372 valence electrons. The molecule has 4 aromatic rings. The van der Waals surface area contributed by atoms with Crippen molar-refractivity contribution >= 4 is 73.4 Å². The van der Waals surface area contributed by atoms with Crippen molar-refractivity contribution in [3.63, 3.8) is 0 Å². The van der Waals surface area contributed by atoms with Gasteiger partial charge < -0.3 is 35.1 Å². The number of aliphatic hydroxyl groups is 2. The predicted octanol–water partition coefficient (Wildman–Crippen LogP) is 6.05. The van der Waals surface area contributed by atoms with E-state index < -0.39 is 41.5 Å². The summed E-state index contributed by atoms with van der Waals surface area (Å²) in [5.41, 5.74) is 4.95. The molecule has 4 N–H and O–H groups in total. The molecule has 4 saturated heterocycles. The molecule has 11 rings (SSSR count). The third-order valence-electron chi connectivity index (χ3n) is 15.2. The normalized spacial score (nSPS) is 27.3. The summed E-state index contributed by atoms with van der Waals surface area (Å²) in [4.78, 5) is 63.2. The number of hydrogen-bond acceptors (Lipinski definition) is 12. The van der Waals surface area contributed by atoms with E-state index in [0.29, 0.717) is 39.1 Å². The molecule has 70 heavy (non-hydrogen) atoms. The van der Waals surface area contributed by atoms with Crippen LogP contribution >= 0.6 is 27.7 Å². The van der Waals surface area contributed by atoms with Gasteiger partial charge in [-0.2, -0.15) is 0 Å². The molecule has 0 unspecified atom stereocenters. The van der Waals surface area contributed by atoms with E-state index in [1.807, 2.05) is 33.0 Å². The topological polar surface area (TPSA) is 167 Å². The zero-order chi connectivity index (χ0) is 49.1. The molecular weight excluding hydrogens is 973 g/mol. The second kappa shape index (κ2) is 19.8. The molecule has 3 amide bonds. The van der Waals surface area contributed by atoms with Crippen molar-refractivity contribution in [2.75, 3.05) is 72.7 Å². The number of fused-ring (bicyclic) bond motifs is 7. The predicted molar refractivity (Wildman–Crippen MR) is 273 cm³/mol. The zero-order valence-corrected chi connectivity index (χ0v) is 43.1. The van der Waals surface area contributed by atoms with Gasteiger partial charge in [-0.05, 0) is 95.5 Å². The second-order valence-electron chi connectivity index (χ2n) is 20.4. The van der Waals surface area contributed by atoms with E-state index in [2.05, 4.69) is 102 Å². The summed E-state index contributed by atoms with van der Waals surface area (Å²) in [5.74, 6) is -2.93. The Bertz CT molecular complexity index is 2720. The molecule has 7 aliphatic rings. The number of aromatic amines is 1. The number of carbonyl (C=O) groups excluding carboxylic acids is 3. The highest BCUT2D eigenvalue weighted by Crippen LogP contribution is 2.49. The smallest absolute Gasteiger partial charge is 0.281 e. The Morgan fingerprint density at radius 2 is 1.73 bits per heavy atom. The average molecular weight is 1040 g/mol. The summed E-state index contributed by atoms with van der Waals surface area (Å²) < 4.78 is 12.8. The highest BCUT2D eigenvalue weighted by atomic mass is 79.9. The van der Waals surface area contributed by atoms with Gasteiger partial charge in [-0.15, -0.1) is 0 Å². The Morgan fingerprint density at radius 1 is 0.986 bits per heavy atom. The van der Waals surface area contributed by atoms with Gasteiger partial charge in [-0.3, -0.25) is 33.8 Å². The van der Waals surface area contributed by atoms with Gasteiger partial charge >= 0.3 is 0 Å². The van der Waals surface area contributed by atoms with E-state index in [9.17, 15) is 19.5 Å². The number of hydrogen-bond donors (Lipinski definition) is 4. The van der Waals surface area contributed by atoms with Gasteiger partial charge in [-0.25, -0.2) is 4.99 Å². The molecular formula is C53H65BrN8O7S. The maximum Gasteiger partial charge on any atom is 0.281 e. The van der Waals surface area contributed by atoms with E-state index >= 15 is 0 Å². The molecule has 0 radical (unpaired) electrons. The van der Waals surface area contributed by atoms with Crippen LogP contribution in [0.15, 0.2) is 92.2 Å². The monoisotopic (exact) mass is 1040 g/mol. The van der Waals surface area contributed by atoms with Crippen LogP contribution in [0.25, 0.3) is 16.5 Å². The fourth-order valence-electron chi connectivity index (χ4n) is 11.6.